The van der Waals surface area contributed by atoms with E-state index in [1.807, 2.05) is 26.8 Å². The molecule has 0 heterocycles. The van der Waals surface area contributed by atoms with E-state index < -0.39 is 0 Å². The maximum Gasteiger partial charge on any atom is 0.0608 e. The fourth-order valence-corrected chi connectivity index (χ4v) is 0.721. The summed E-state index contributed by atoms with van der Waals surface area (Å²) < 4.78 is 0. The molecule has 2 nitrogen and oxygen atoms in total. The molecule has 0 aliphatic carbocycles. The van der Waals surface area contributed by atoms with Gasteiger partial charge < -0.3 is 10.4 Å². The predicted octanol–water partition coefficient (Wildman–Crippen LogP) is 0.921. The summed E-state index contributed by atoms with van der Waals surface area (Å²) in [4.78, 5) is 0. The molecule has 0 aromatic rings. The average molecular weight is 143 g/mol. The fourth-order valence-electron chi connectivity index (χ4n) is 0.721. The Morgan fingerprint density at radius 2 is 2.20 bits per heavy atom. The molecule has 1 unspecified atom stereocenters. The lowest BCUT2D eigenvalue weighted by atomic mass is 10.1. The first kappa shape index (κ1) is 9.66. The first-order valence-electron chi connectivity index (χ1n) is 3.53. The van der Waals surface area contributed by atoms with Crippen LogP contribution in [0.1, 0.15) is 20.8 Å². The molecule has 0 rings (SSSR count). The molecule has 0 amide bonds. The SMILES string of the molecule is C=CC(C)NC(C)(C)CO. The second-order valence-electron chi connectivity index (χ2n) is 3.21. The lowest BCUT2D eigenvalue weighted by Gasteiger charge is -2.26. The van der Waals surface area contributed by atoms with Crippen molar-refractivity contribution in [3.63, 3.8) is 0 Å². The third kappa shape index (κ3) is 3.64. The molecule has 1 atom stereocenters. The van der Waals surface area contributed by atoms with Gasteiger partial charge in [0.15, 0.2) is 0 Å². The van der Waals surface area contributed by atoms with Gasteiger partial charge in [-0.15, -0.1) is 6.58 Å². The minimum absolute atomic E-state index is 0.144. The highest BCUT2D eigenvalue weighted by atomic mass is 16.3. The molecule has 2 heteroatoms. The average Bonchev–Trinajstić information content (AvgIpc) is 1.87. The molecule has 0 radical (unpaired) electrons. The maximum absolute atomic E-state index is 8.84. The van der Waals surface area contributed by atoms with Crippen LogP contribution < -0.4 is 5.32 Å². The van der Waals surface area contributed by atoms with Crippen LogP contribution in [0.3, 0.4) is 0 Å². The summed E-state index contributed by atoms with van der Waals surface area (Å²) in [7, 11) is 0. The van der Waals surface area contributed by atoms with E-state index in [0.717, 1.165) is 0 Å². The molecular weight excluding hydrogens is 126 g/mol. The van der Waals surface area contributed by atoms with E-state index in [0.29, 0.717) is 0 Å². The van der Waals surface area contributed by atoms with Crippen LogP contribution in [0.4, 0.5) is 0 Å². The van der Waals surface area contributed by atoms with Crippen molar-refractivity contribution in [2.24, 2.45) is 0 Å². The van der Waals surface area contributed by atoms with E-state index in [-0.39, 0.29) is 18.2 Å². The molecule has 0 saturated heterocycles. The highest BCUT2D eigenvalue weighted by Gasteiger charge is 2.16. The predicted molar refractivity (Wildman–Crippen MR) is 44.0 cm³/mol. The Kier molecular flexibility index (Phi) is 3.61. The molecule has 10 heavy (non-hydrogen) atoms. The summed E-state index contributed by atoms with van der Waals surface area (Å²) in [5, 5.41) is 12.0. The van der Waals surface area contributed by atoms with Gasteiger partial charge in [-0.2, -0.15) is 0 Å². The highest BCUT2D eigenvalue weighted by Crippen LogP contribution is 2.01. The van der Waals surface area contributed by atoms with E-state index in [2.05, 4.69) is 11.9 Å². The van der Waals surface area contributed by atoms with E-state index in [1.165, 1.54) is 0 Å². The maximum atomic E-state index is 8.84. The lowest BCUT2D eigenvalue weighted by Crippen LogP contribution is -2.46. The van der Waals surface area contributed by atoms with Crippen LogP contribution in [-0.2, 0) is 0 Å². The molecule has 0 aliphatic heterocycles. The zero-order chi connectivity index (χ0) is 8.20. The van der Waals surface area contributed by atoms with Crippen molar-refractivity contribution in [2.75, 3.05) is 6.61 Å². The summed E-state index contributed by atoms with van der Waals surface area (Å²) >= 11 is 0. The quantitative estimate of drug-likeness (QED) is 0.574. The van der Waals surface area contributed by atoms with Gasteiger partial charge in [-0.1, -0.05) is 6.08 Å². The monoisotopic (exact) mass is 143 g/mol. The molecule has 0 aromatic carbocycles. The molecule has 60 valence electrons. The van der Waals surface area contributed by atoms with Crippen LogP contribution in [0, 0.1) is 0 Å². The topological polar surface area (TPSA) is 32.3 Å². The Hall–Kier alpha value is -0.340. The molecule has 0 aliphatic rings. The summed E-state index contributed by atoms with van der Waals surface area (Å²) in [6.07, 6.45) is 1.82. The number of hydrogen-bond donors (Lipinski definition) is 2. The van der Waals surface area contributed by atoms with Crippen LogP contribution in [0.2, 0.25) is 0 Å². The second kappa shape index (κ2) is 3.74. The Morgan fingerprint density at radius 1 is 1.70 bits per heavy atom. The van der Waals surface area contributed by atoms with E-state index in [9.17, 15) is 0 Å². The lowest BCUT2D eigenvalue weighted by molar-refractivity contribution is 0.183. The van der Waals surface area contributed by atoms with Crippen molar-refractivity contribution in [3.05, 3.63) is 12.7 Å². The number of hydrogen-bond acceptors (Lipinski definition) is 2. The molecule has 2 N–H and O–H groups in total. The van der Waals surface area contributed by atoms with Gasteiger partial charge in [-0.3, -0.25) is 0 Å². The van der Waals surface area contributed by atoms with Crippen LogP contribution in [-0.4, -0.2) is 23.3 Å². The van der Waals surface area contributed by atoms with Crippen molar-refractivity contribution in [1.29, 1.82) is 0 Å². The van der Waals surface area contributed by atoms with E-state index >= 15 is 0 Å². The number of rotatable bonds is 4. The van der Waals surface area contributed by atoms with Crippen LogP contribution in [0.15, 0.2) is 12.7 Å². The molecule has 0 spiro atoms. The van der Waals surface area contributed by atoms with Gasteiger partial charge in [-0.05, 0) is 20.8 Å². The van der Waals surface area contributed by atoms with E-state index in [4.69, 9.17) is 5.11 Å². The van der Waals surface area contributed by atoms with Crippen LogP contribution in [0.5, 0.6) is 0 Å². The smallest absolute Gasteiger partial charge is 0.0608 e. The number of nitrogens with one attached hydrogen (secondary N) is 1. The van der Waals surface area contributed by atoms with Gasteiger partial charge in [0, 0.05) is 11.6 Å². The van der Waals surface area contributed by atoms with Crippen LogP contribution >= 0.6 is 0 Å². The first-order valence-corrected chi connectivity index (χ1v) is 3.53. The molecular formula is C8H17NO. The van der Waals surface area contributed by atoms with Crippen molar-refractivity contribution in [1.82, 2.24) is 5.32 Å². The van der Waals surface area contributed by atoms with Crippen molar-refractivity contribution < 1.29 is 5.11 Å². The summed E-state index contributed by atoms with van der Waals surface area (Å²) in [5.41, 5.74) is -0.201. The van der Waals surface area contributed by atoms with Gasteiger partial charge in [0.2, 0.25) is 0 Å². The van der Waals surface area contributed by atoms with Gasteiger partial charge in [0.05, 0.1) is 6.61 Å². The minimum Gasteiger partial charge on any atom is -0.394 e. The second-order valence-corrected chi connectivity index (χ2v) is 3.21. The minimum atomic E-state index is -0.201. The largest absolute Gasteiger partial charge is 0.394 e. The number of aliphatic hydroxyl groups is 1. The number of aliphatic hydroxyl groups excluding tert-OH is 1. The van der Waals surface area contributed by atoms with Gasteiger partial charge in [0.25, 0.3) is 0 Å². The van der Waals surface area contributed by atoms with Gasteiger partial charge in [-0.25, -0.2) is 0 Å². The normalized spacial score (nSPS) is 14.8. The Bertz CT molecular complexity index is 110. The fraction of sp³-hybridized carbons (Fsp3) is 0.750. The van der Waals surface area contributed by atoms with Crippen molar-refractivity contribution in [3.8, 4) is 0 Å². The standard InChI is InChI=1S/C8H17NO/c1-5-7(2)9-8(3,4)6-10/h5,7,9-10H,1,6H2,2-4H3. The molecule has 0 saturated carbocycles. The van der Waals surface area contributed by atoms with Crippen LogP contribution in [0.25, 0.3) is 0 Å². The first-order chi connectivity index (χ1) is 4.52. The Morgan fingerprint density at radius 3 is 2.50 bits per heavy atom. The van der Waals surface area contributed by atoms with Crippen molar-refractivity contribution >= 4 is 0 Å². The Balaban J connectivity index is 3.75. The van der Waals surface area contributed by atoms with Gasteiger partial charge in [0.1, 0.15) is 0 Å². The van der Waals surface area contributed by atoms with E-state index in [1.54, 1.807) is 0 Å². The third-order valence-electron chi connectivity index (χ3n) is 1.37. The zero-order valence-electron chi connectivity index (χ0n) is 7.02. The van der Waals surface area contributed by atoms with Crippen molar-refractivity contribution in [2.45, 2.75) is 32.4 Å². The molecule has 0 fully saturated rings. The molecule has 0 bridgehead atoms. The summed E-state index contributed by atoms with van der Waals surface area (Å²) in [5.74, 6) is 0. The Labute approximate surface area is 62.9 Å². The highest BCUT2D eigenvalue weighted by molar-refractivity contribution is 4.88. The zero-order valence-corrected chi connectivity index (χ0v) is 7.02. The summed E-state index contributed by atoms with van der Waals surface area (Å²) in [6.45, 7) is 9.69. The third-order valence-corrected chi connectivity index (χ3v) is 1.37. The summed E-state index contributed by atoms with van der Waals surface area (Å²) in [6, 6.07) is 0.252. The molecule has 0 aromatic heterocycles. The van der Waals surface area contributed by atoms with Gasteiger partial charge >= 0.3 is 0 Å².